The molecule has 0 aliphatic heterocycles. The predicted molar refractivity (Wildman–Crippen MR) is 108 cm³/mol. The number of ether oxygens (including phenoxy) is 1. The number of aromatic nitrogens is 2. The van der Waals surface area contributed by atoms with Crippen molar-refractivity contribution in [3.05, 3.63) is 24.5 Å². The highest BCUT2D eigenvalue weighted by atomic mass is 31.2. The van der Waals surface area contributed by atoms with Crippen molar-refractivity contribution in [3.63, 3.8) is 0 Å². The number of rotatable bonds is 12. The highest BCUT2D eigenvalue weighted by Crippen LogP contribution is 2.68. The monoisotopic (exact) mass is 450 g/mol. The Morgan fingerprint density at radius 2 is 1.66 bits per heavy atom. The number of hydrogen-bond donors (Lipinski definition) is 5. The third kappa shape index (κ3) is 5.89. The molecule has 0 spiro atoms. The summed E-state index contributed by atoms with van der Waals surface area (Å²) in [5.74, 6) is 0.566. The van der Waals surface area contributed by atoms with Crippen LogP contribution in [0, 0.1) is 0 Å². The average molecular weight is 450 g/mol. The Balaban J connectivity index is 2.07. The van der Waals surface area contributed by atoms with Gasteiger partial charge in [-0.25, -0.2) is 4.98 Å². The zero-order valence-electron chi connectivity index (χ0n) is 16.2. The highest BCUT2D eigenvalue weighted by molar-refractivity contribution is 7.72. The fraction of sp³-hybridized carbons (Fsp3) is 0.588. The van der Waals surface area contributed by atoms with Crippen LogP contribution in [0.15, 0.2) is 24.5 Å². The SMILES string of the molecule is CCCCCCCCOc1ccc2c(c1)ncn2CC(O)(P(=O)(O)O)P(=O)(O)O. The molecule has 0 amide bonds. The number of hydrogen-bond acceptors (Lipinski definition) is 5. The first-order chi connectivity index (χ1) is 13.5. The number of benzene rings is 1. The van der Waals surface area contributed by atoms with Gasteiger partial charge in [0.1, 0.15) is 5.75 Å². The summed E-state index contributed by atoms with van der Waals surface area (Å²) in [5, 5.41) is 6.55. The van der Waals surface area contributed by atoms with Gasteiger partial charge >= 0.3 is 15.2 Å². The maximum Gasteiger partial charge on any atom is 0.371 e. The van der Waals surface area contributed by atoms with Crippen molar-refractivity contribution >= 4 is 26.2 Å². The molecule has 5 N–H and O–H groups in total. The molecule has 0 atom stereocenters. The van der Waals surface area contributed by atoms with E-state index in [9.17, 15) is 33.8 Å². The van der Waals surface area contributed by atoms with Gasteiger partial charge in [0, 0.05) is 6.07 Å². The van der Waals surface area contributed by atoms with Gasteiger partial charge in [-0.15, -0.1) is 0 Å². The second-order valence-corrected chi connectivity index (χ2v) is 11.0. The fourth-order valence-corrected chi connectivity index (χ4v) is 4.95. The first-order valence-electron chi connectivity index (χ1n) is 9.41. The van der Waals surface area contributed by atoms with E-state index in [2.05, 4.69) is 11.9 Å². The minimum atomic E-state index is -5.55. The van der Waals surface area contributed by atoms with Gasteiger partial charge in [0.2, 0.25) is 0 Å². The summed E-state index contributed by atoms with van der Waals surface area (Å²) in [6, 6.07) is 4.81. The van der Waals surface area contributed by atoms with E-state index in [1.54, 1.807) is 18.2 Å². The van der Waals surface area contributed by atoms with E-state index < -0.39 is 26.8 Å². The summed E-state index contributed by atoms with van der Waals surface area (Å²) >= 11 is 0. The third-order valence-corrected chi connectivity index (χ3v) is 8.39. The van der Waals surface area contributed by atoms with Crippen LogP contribution in [-0.4, -0.2) is 45.9 Å². The van der Waals surface area contributed by atoms with Crippen LogP contribution in [0.25, 0.3) is 11.0 Å². The maximum atomic E-state index is 11.5. The van der Waals surface area contributed by atoms with E-state index in [0.717, 1.165) is 23.7 Å². The molecule has 0 unspecified atom stereocenters. The molecule has 12 heteroatoms. The summed E-state index contributed by atoms with van der Waals surface area (Å²) < 4.78 is 29.9. The van der Waals surface area contributed by atoms with Gasteiger partial charge < -0.3 is 34.0 Å². The first kappa shape index (κ1) is 24.0. The standard InChI is InChI=1S/C17H28N2O8P2/c1-2-3-4-5-6-7-10-27-14-8-9-16-15(11-14)18-13-19(16)12-17(20,28(21,22)23)29(24,25)26/h8-9,11,13,20H,2-7,10,12H2,1H3,(H2,21,22,23)(H2,24,25,26). The molecule has 29 heavy (non-hydrogen) atoms. The Morgan fingerprint density at radius 3 is 2.28 bits per heavy atom. The molecule has 10 nitrogen and oxygen atoms in total. The minimum Gasteiger partial charge on any atom is -0.494 e. The van der Waals surface area contributed by atoms with Crippen LogP contribution in [0.2, 0.25) is 0 Å². The van der Waals surface area contributed by atoms with E-state index in [4.69, 9.17) is 4.74 Å². The predicted octanol–water partition coefficient (Wildman–Crippen LogP) is 2.78. The van der Waals surface area contributed by atoms with Gasteiger partial charge in [0.25, 0.3) is 5.08 Å². The highest BCUT2D eigenvalue weighted by Gasteiger charge is 2.59. The Labute approximate surface area is 168 Å². The largest absolute Gasteiger partial charge is 0.494 e. The van der Waals surface area contributed by atoms with Gasteiger partial charge in [0.15, 0.2) is 0 Å². The topological polar surface area (TPSA) is 162 Å². The molecule has 0 bridgehead atoms. The van der Waals surface area contributed by atoms with Gasteiger partial charge in [-0.05, 0) is 18.6 Å². The molecule has 0 saturated heterocycles. The molecule has 2 aromatic rings. The molecular weight excluding hydrogens is 422 g/mol. The molecule has 0 aliphatic rings. The lowest BCUT2D eigenvalue weighted by Gasteiger charge is -2.29. The summed E-state index contributed by atoms with van der Waals surface area (Å²) in [7, 11) is -11.1. The van der Waals surface area contributed by atoms with Crippen LogP contribution < -0.4 is 4.74 Å². The van der Waals surface area contributed by atoms with Crippen LogP contribution in [0.1, 0.15) is 45.4 Å². The molecular formula is C17H28N2O8P2. The van der Waals surface area contributed by atoms with Crippen molar-refractivity contribution in [2.75, 3.05) is 6.61 Å². The lowest BCUT2D eigenvalue weighted by atomic mass is 10.1. The summed E-state index contributed by atoms with van der Waals surface area (Å²) in [5.41, 5.74) is 0.751. The van der Waals surface area contributed by atoms with E-state index >= 15 is 0 Å². The summed E-state index contributed by atoms with van der Waals surface area (Å²) in [6.07, 6.45) is 7.98. The lowest BCUT2D eigenvalue weighted by Crippen LogP contribution is -2.33. The van der Waals surface area contributed by atoms with E-state index in [1.807, 2.05) is 0 Å². The fourth-order valence-electron chi connectivity index (χ4n) is 2.91. The van der Waals surface area contributed by atoms with Crippen molar-refractivity contribution in [2.24, 2.45) is 0 Å². The zero-order valence-corrected chi connectivity index (χ0v) is 18.0. The Kier molecular flexibility index (Phi) is 8.04. The Hall–Kier alpha value is -1.25. The van der Waals surface area contributed by atoms with Crippen molar-refractivity contribution < 1.29 is 38.5 Å². The summed E-state index contributed by atoms with van der Waals surface area (Å²) in [6.45, 7) is 1.70. The molecule has 1 heterocycles. The summed E-state index contributed by atoms with van der Waals surface area (Å²) in [4.78, 5) is 41.2. The number of aliphatic hydroxyl groups is 1. The molecule has 0 saturated carbocycles. The molecule has 2 rings (SSSR count). The molecule has 0 fully saturated rings. The zero-order chi connectivity index (χ0) is 21.7. The number of fused-ring (bicyclic) bond motifs is 1. The first-order valence-corrected chi connectivity index (χ1v) is 12.6. The third-order valence-electron chi connectivity index (χ3n) is 4.67. The second kappa shape index (κ2) is 9.71. The lowest BCUT2D eigenvalue weighted by molar-refractivity contribution is 0.116. The van der Waals surface area contributed by atoms with E-state index in [1.165, 1.54) is 25.7 Å². The van der Waals surface area contributed by atoms with Gasteiger partial charge in [-0.3, -0.25) is 9.13 Å². The molecule has 0 radical (unpaired) electrons. The number of unbranched alkanes of at least 4 members (excludes halogenated alkanes) is 5. The van der Waals surface area contributed by atoms with Gasteiger partial charge in [0.05, 0.1) is 30.5 Å². The Bertz CT molecular complexity index is 882. The quantitative estimate of drug-likeness (QED) is 0.242. The Morgan fingerprint density at radius 1 is 1.03 bits per heavy atom. The second-order valence-electron chi connectivity index (χ2n) is 7.00. The van der Waals surface area contributed by atoms with Gasteiger partial charge in [-0.2, -0.15) is 0 Å². The van der Waals surface area contributed by atoms with E-state index in [0.29, 0.717) is 23.4 Å². The van der Waals surface area contributed by atoms with Crippen molar-refractivity contribution in [1.29, 1.82) is 0 Å². The number of nitrogens with zero attached hydrogens (tertiary/aromatic N) is 2. The molecule has 0 aliphatic carbocycles. The van der Waals surface area contributed by atoms with Crippen LogP contribution in [0.3, 0.4) is 0 Å². The smallest absolute Gasteiger partial charge is 0.371 e. The normalized spacial score (nSPS) is 13.2. The van der Waals surface area contributed by atoms with Crippen LogP contribution in [0.5, 0.6) is 5.75 Å². The van der Waals surface area contributed by atoms with Crippen molar-refractivity contribution in [2.45, 2.75) is 57.1 Å². The van der Waals surface area contributed by atoms with Crippen molar-refractivity contribution in [1.82, 2.24) is 9.55 Å². The van der Waals surface area contributed by atoms with E-state index in [-0.39, 0.29) is 0 Å². The van der Waals surface area contributed by atoms with Crippen LogP contribution >= 0.6 is 15.2 Å². The minimum absolute atomic E-state index is 0.345. The molecule has 1 aromatic heterocycles. The van der Waals surface area contributed by atoms with Crippen LogP contribution in [-0.2, 0) is 15.7 Å². The average Bonchev–Trinajstić information content (AvgIpc) is 3.01. The molecule has 1 aromatic carbocycles. The maximum absolute atomic E-state index is 11.5. The molecule has 164 valence electrons. The van der Waals surface area contributed by atoms with Crippen LogP contribution in [0.4, 0.5) is 0 Å². The van der Waals surface area contributed by atoms with Gasteiger partial charge in [-0.1, -0.05) is 39.0 Å². The number of imidazole rings is 1. The van der Waals surface area contributed by atoms with Crippen molar-refractivity contribution in [3.8, 4) is 5.75 Å².